The maximum atomic E-state index is 15.3. The number of azide groups is 2. The summed E-state index contributed by atoms with van der Waals surface area (Å²) in [5, 5.41) is 8.73. The molecule has 6 bridgehead atoms. The lowest BCUT2D eigenvalue weighted by Crippen LogP contribution is -2.47. The first kappa shape index (κ1) is 37.3. The van der Waals surface area contributed by atoms with E-state index in [4.69, 9.17) is 9.47 Å². The number of carbonyl (C=O) groups is 2. The Morgan fingerprint density at radius 1 is 0.593 bits per heavy atom. The molecule has 2 aromatic carbocycles. The lowest BCUT2D eigenvalue weighted by atomic mass is 9.71. The van der Waals surface area contributed by atoms with Crippen LogP contribution in [0.2, 0.25) is 0 Å². The third kappa shape index (κ3) is 5.78. The van der Waals surface area contributed by atoms with Crippen molar-refractivity contribution in [3.8, 4) is 11.5 Å². The van der Waals surface area contributed by atoms with Crippen LogP contribution < -0.4 is 9.47 Å². The number of Topliss-reactive ketones (excluding diaryl/α,β-unsaturated/α-hetero) is 2. The van der Waals surface area contributed by atoms with E-state index >= 15 is 9.59 Å². The fourth-order valence-corrected chi connectivity index (χ4v) is 8.26. The lowest BCUT2D eigenvalue weighted by Gasteiger charge is -2.37. The number of carbonyl (C=O) groups excluding carboxylic acids is 2. The van der Waals surface area contributed by atoms with Gasteiger partial charge in [0.05, 0.1) is 12.1 Å². The molecule has 2 aromatic rings. The highest BCUT2D eigenvalue weighted by atomic mass is 16.5. The first-order valence-electron chi connectivity index (χ1n) is 18.7. The molecule has 3 heterocycles. The Bertz CT molecular complexity index is 2130. The molecular formula is C44H50N6O4. The van der Waals surface area contributed by atoms with Gasteiger partial charge in [0.15, 0.2) is 11.2 Å². The van der Waals surface area contributed by atoms with E-state index in [1.165, 1.54) is 0 Å². The number of fused-ring (bicyclic) bond motifs is 2. The Morgan fingerprint density at radius 2 is 0.944 bits per heavy atom. The van der Waals surface area contributed by atoms with Crippen LogP contribution in [0.1, 0.15) is 129 Å². The van der Waals surface area contributed by atoms with Crippen molar-refractivity contribution in [1.29, 1.82) is 0 Å². The van der Waals surface area contributed by atoms with Crippen LogP contribution in [0.3, 0.4) is 0 Å². The summed E-state index contributed by atoms with van der Waals surface area (Å²) >= 11 is 0. The Labute approximate surface area is 317 Å². The second kappa shape index (κ2) is 11.7. The molecule has 10 nitrogen and oxygen atoms in total. The van der Waals surface area contributed by atoms with Gasteiger partial charge in [0.1, 0.15) is 11.5 Å². The summed E-state index contributed by atoms with van der Waals surface area (Å²) in [6.45, 7) is 25.0. The minimum Gasteiger partial charge on any atom is -0.474 e. The van der Waals surface area contributed by atoms with Crippen LogP contribution in [0, 0.1) is 10.8 Å². The van der Waals surface area contributed by atoms with Crippen molar-refractivity contribution in [2.75, 3.05) is 0 Å². The van der Waals surface area contributed by atoms with E-state index in [-0.39, 0.29) is 46.4 Å². The summed E-state index contributed by atoms with van der Waals surface area (Å²) in [5.41, 5.74) is 22.6. The minimum absolute atomic E-state index is 0.196. The van der Waals surface area contributed by atoms with Crippen molar-refractivity contribution < 1.29 is 19.1 Å². The van der Waals surface area contributed by atoms with Crippen molar-refractivity contribution in [1.82, 2.24) is 0 Å². The number of ketones is 2. The number of ether oxygens (including phenoxy) is 2. The second-order valence-corrected chi connectivity index (χ2v) is 19.7. The van der Waals surface area contributed by atoms with E-state index in [0.29, 0.717) is 22.6 Å². The van der Waals surface area contributed by atoms with Gasteiger partial charge in [-0.2, -0.15) is 0 Å². The Kier molecular flexibility index (Phi) is 8.10. The Morgan fingerprint density at radius 3 is 1.24 bits per heavy atom. The monoisotopic (exact) mass is 726 g/mol. The van der Waals surface area contributed by atoms with Crippen LogP contribution in [0.15, 0.2) is 81.1 Å². The fraction of sp³-hybridized carbons (Fsp3) is 0.500. The van der Waals surface area contributed by atoms with Gasteiger partial charge in [0, 0.05) is 44.9 Å². The van der Waals surface area contributed by atoms with Crippen molar-refractivity contribution in [2.45, 2.75) is 130 Å². The third-order valence-electron chi connectivity index (χ3n) is 11.5. The topological polar surface area (TPSA) is 150 Å². The van der Waals surface area contributed by atoms with Gasteiger partial charge in [-0.25, -0.2) is 0 Å². The van der Waals surface area contributed by atoms with E-state index in [0.717, 1.165) is 33.4 Å². The highest BCUT2D eigenvalue weighted by molar-refractivity contribution is 6.09. The first-order valence-corrected chi connectivity index (χ1v) is 18.7. The Balaban J connectivity index is 1.65. The van der Waals surface area contributed by atoms with E-state index in [9.17, 15) is 11.1 Å². The molecule has 2 spiro atoms. The van der Waals surface area contributed by atoms with E-state index in [2.05, 4.69) is 115 Å². The predicted molar refractivity (Wildman–Crippen MR) is 209 cm³/mol. The molecule has 0 radical (unpaired) electrons. The molecule has 0 fully saturated rings. The molecule has 0 amide bonds. The lowest BCUT2D eigenvalue weighted by molar-refractivity contribution is -0.127. The number of rotatable bonds is 2. The predicted octanol–water partition coefficient (Wildman–Crippen LogP) is 11.0. The number of benzene rings is 2. The number of allylic oxidation sites excluding steroid dienone is 4. The summed E-state index contributed by atoms with van der Waals surface area (Å²) in [4.78, 5) is 37.3. The molecule has 3 aliphatic heterocycles. The van der Waals surface area contributed by atoms with Gasteiger partial charge >= 0.3 is 0 Å². The molecule has 0 aromatic heterocycles. The number of hydrogen-bond acceptors (Lipinski definition) is 6. The average molecular weight is 727 g/mol. The van der Waals surface area contributed by atoms with Gasteiger partial charge in [-0.3, -0.25) is 9.59 Å². The Hall–Kier alpha value is -5.04. The summed E-state index contributed by atoms with van der Waals surface area (Å²) in [6, 6.07) is 5.85. The van der Waals surface area contributed by atoms with Crippen LogP contribution in [0.25, 0.3) is 20.9 Å². The zero-order valence-corrected chi connectivity index (χ0v) is 33.5. The molecule has 0 saturated carbocycles. The molecule has 54 heavy (non-hydrogen) atoms. The number of hydrogen-bond donors (Lipinski definition) is 0. The second-order valence-electron chi connectivity index (χ2n) is 19.7. The maximum absolute atomic E-state index is 15.3. The van der Waals surface area contributed by atoms with Gasteiger partial charge in [0.2, 0.25) is 11.6 Å². The highest BCUT2D eigenvalue weighted by Crippen LogP contribution is 2.55. The molecule has 7 rings (SSSR count). The van der Waals surface area contributed by atoms with Gasteiger partial charge < -0.3 is 9.47 Å². The smallest absolute Gasteiger partial charge is 0.207 e. The molecule has 280 valence electrons. The average Bonchev–Trinajstić information content (AvgIpc) is 3.61. The molecule has 2 unspecified atom stereocenters. The van der Waals surface area contributed by atoms with Gasteiger partial charge in [0.25, 0.3) is 0 Å². The molecule has 10 heteroatoms. The standard InChI is InChI=1S/C44H50N6O4/c1-39(2,3)25-13-23-19-43-21-28(42(10,11)12)18-32(38(43)52)34(48-50-46)30-16-26(40(4,5)6)14-24-20-44(54-36(24)30)22-27(41(7,8)9)17-31(37(44)51)33(47-49-45)29(15-25)35(23)53-43/h13-18,21-22,33-34H,19-20H2,1-12H3/t33?,34?,43-,44+. The van der Waals surface area contributed by atoms with Crippen LogP contribution in [-0.4, -0.2) is 22.8 Å². The van der Waals surface area contributed by atoms with Crippen molar-refractivity contribution in [2.24, 2.45) is 21.1 Å². The quantitative estimate of drug-likeness (QED) is 0.172. The van der Waals surface area contributed by atoms with Crippen LogP contribution >= 0.6 is 0 Å². The molecule has 2 aliphatic carbocycles. The molecule has 0 saturated heterocycles. The van der Waals surface area contributed by atoms with E-state index < -0.39 is 34.1 Å². The minimum atomic E-state index is -1.49. The number of nitrogens with zero attached hydrogens (tertiary/aromatic N) is 6. The fourth-order valence-electron chi connectivity index (χ4n) is 8.26. The summed E-state index contributed by atoms with van der Waals surface area (Å²) in [5.74, 6) is 0.181. The van der Waals surface area contributed by atoms with Gasteiger partial charge in [-0.1, -0.05) is 130 Å². The zero-order chi connectivity index (χ0) is 39.6. The summed E-state index contributed by atoms with van der Waals surface area (Å²) in [6.07, 6.45) is 7.90. The molecule has 5 aliphatic rings. The van der Waals surface area contributed by atoms with Crippen LogP contribution in [0.5, 0.6) is 11.5 Å². The molecular weight excluding hydrogens is 677 g/mol. The summed E-state index contributed by atoms with van der Waals surface area (Å²) < 4.78 is 14.0. The van der Waals surface area contributed by atoms with Crippen molar-refractivity contribution >= 4 is 11.6 Å². The van der Waals surface area contributed by atoms with Crippen molar-refractivity contribution in [3.63, 3.8) is 0 Å². The van der Waals surface area contributed by atoms with E-state index in [1.807, 2.05) is 36.4 Å². The largest absolute Gasteiger partial charge is 0.474 e. The van der Waals surface area contributed by atoms with Crippen LogP contribution in [0.4, 0.5) is 0 Å². The SMILES string of the molecule is CC(C)(C)C1=C[C@]23Cc4cc(C(C)(C)C)cc(c4O2)C(N=[N+]=[N-])C2=CC(C(C)(C)C)=C[C@]4(Cc5cc(C(C)(C)C)cc(c5O4)C(N=[N+]=[N-])C(=C1)C3=O)C2=O. The molecule has 4 atom stereocenters. The normalized spacial score (nSPS) is 25.9. The third-order valence-corrected chi connectivity index (χ3v) is 11.5. The maximum Gasteiger partial charge on any atom is 0.207 e. The highest BCUT2D eigenvalue weighted by Gasteiger charge is 2.55. The van der Waals surface area contributed by atoms with Crippen molar-refractivity contribution in [3.05, 3.63) is 125 Å². The van der Waals surface area contributed by atoms with E-state index in [1.54, 1.807) is 0 Å². The van der Waals surface area contributed by atoms with Crippen LogP contribution in [-0.2, 0) is 33.3 Å². The molecule has 0 N–H and O–H groups in total. The van der Waals surface area contributed by atoms with Gasteiger partial charge in [-0.15, -0.1) is 0 Å². The zero-order valence-electron chi connectivity index (χ0n) is 33.5. The van der Waals surface area contributed by atoms with Gasteiger partial charge in [-0.05, 0) is 78.3 Å². The first-order chi connectivity index (χ1) is 24.9. The summed E-state index contributed by atoms with van der Waals surface area (Å²) in [7, 11) is 0.